The van der Waals surface area contributed by atoms with Crippen molar-refractivity contribution >= 4 is 44.9 Å². The molecule has 1 aromatic heterocycles. The van der Waals surface area contributed by atoms with Gasteiger partial charge in [0.2, 0.25) is 0 Å². The molecule has 22 heavy (non-hydrogen) atoms. The number of nitrogens with one attached hydrogen (secondary N) is 1. The molecule has 0 unspecified atom stereocenters. The van der Waals surface area contributed by atoms with E-state index in [9.17, 15) is 4.79 Å². The standard InChI is InChI=1S/C16H18BrNO2S2/c1-12(20-13-5-3-2-4-6-13)16(19)18-9-10-21-11-14-7-8-15(17)22-14/h2-8,12H,9-11H2,1H3,(H,18,19)/t12-/m0/s1. The normalized spacial score (nSPS) is 11.9. The molecule has 0 bridgehead atoms. The van der Waals surface area contributed by atoms with Crippen molar-refractivity contribution in [3.8, 4) is 5.75 Å². The Morgan fingerprint density at radius 1 is 1.32 bits per heavy atom. The van der Waals surface area contributed by atoms with Crippen LogP contribution >= 0.6 is 39.0 Å². The fourth-order valence-electron chi connectivity index (χ4n) is 1.75. The number of thiophene rings is 1. The molecule has 0 radical (unpaired) electrons. The Balaban J connectivity index is 1.61. The molecular weight excluding hydrogens is 382 g/mol. The Kier molecular flexibility index (Phi) is 7.29. The van der Waals surface area contributed by atoms with Crippen LogP contribution in [0.1, 0.15) is 11.8 Å². The highest BCUT2D eigenvalue weighted by molar-refractivity contribution is 9.11. The largest absolute Gasteiger partial charge is 0.481 e. The fraction of sp³-hybridized carbons (Fsp3) is 0.312. The van der Waals surface area contributed by atoms with Crippen molar-refractivity contribution in [3.05, 3.63) is 51.1 Å². The fourth-order valence-corrected chi connectivity index (χ4v) is 4.20. The summed E-state index contributed by atoms with van der Waals surface area (Å²) in [5.74, 6) is 2.49. The van der Waals surface area contributed by atoms with Crippen LogP contribution in [0.4, 0.5) is 0 Å². The molecule has 0 aliphatic rings. The van der Waals surface area contributed by atoms with Gasteiger partial charge in [0.05, 0.1) is 3.79 Å². The number of carbonyl (C=O) groups is 1. The van der Waals surface area contributed by atoms with Crippen LogP contribution in [0.3, 0.4) is 0 Å². The van der Waals surface area contributed by atoms with Gasteiger partial charge >= 0.3 is 0 Å². The number of rotatable bonds is 8. The second-order valence-electron chi connectivity index (χ2n) is 4.62. The van der Waals surface area contributed by atoms with Gasteiger partial charge in [-0.25, -0.2) is 0 Å². The summed E-state index contributed by atoms with van der Waals surface area (Å²) in [5, 5.41) is 2.90. The van der Waals surface area contributed by atoms with E-state index in [1.165, 1.54) is 4.88 Å². The van der Waals surface area contributed by atoms with Gasteiger partial charge in [0, 0.05) is 22.9 Å². The maximum Gasteiger partial charge on any atom is 0.260 e. The average Bonchev–Trinajstić information content (AvgIpc) is 2.93. The molecule has 1 atom stereocenters. The molecule has 0 aliphatic carbocycles. The highest BCUT2D eigenvalue weighted by atomic mass is 79.9. The smallest absolute Gasteiger partial charge is 0.260 e. The van der Waals surface area contributed by atoms with Gasteiger partial charge in [-0.15, -0.1) is 11.3 Å². The van der Waals surface area contributed by atoms with Gasteiger partial charge < -0.3 is 10.1 Å². The van der Waals surface area contributed by atoms with Gasteiger partial charge in [0.1, 0.15) is 5.75 Å². The molecule has 1 N–H and O–H groups in total. The number of thioether (sulfide) groups is 1. The summed E-state index contributed by atoms with van der Waals surface area (Å²) in [6, 6.07) is 13.6. The van der Waals surface area contributed by atoms with Crippen molar-refractivity contribution in [2.24, 2.45) is 0 Å². The van der Waals surface area contributed by atoms with Crippen LogP contribution in [-0.2, 0) is 10.5 Å². The summed E-state index contributed by atoms with van der Waals surface area (Å²) in [4.78, 5) is 13.3. The number of para-hydroxylation sites is 1. The highest BCUT2D eigenvalue weighted by Crippen LogP contribution is 2.25. The zero-order valence-electron chi connectivity index (χ0n) is 12.3. The molecule has 0 saturated heterocycles. The van der Waals surface area contributed by atoms with Crippen LogP contribution in [0.2, 0.25) is 0 Å². The minimum absolute atomic E-state index is 0.0803. The first-order valence-corrected chi connectivity index (χ1v) is 9.73. The maximum atomic E-state index is 11.9. The number of benzene rings is 1. The van der Waals surface area contributed by atoms with E-state index in [-0.39, 0.29) is 5.91 Å². The first-order chi connectivity index (χ1) is 10.6. The number of hydrogen-bond donors (Lipinski definition) is 1. The second kappa shape index (κ2) is 9.22. The number of carbonyl (C=O) groups excluding carboxylic acids is 1. The van der Waals surface area contributed by atoms with Crippen molar-refractivity contribution in [2.75, 3.05) is 12.3 Å². The number of ether oxygens (including phenoxy) is 1. The molecule has 1 heterocycles. The predicted octanol–water partition coefficient (Wildman–Crippen LogP) is 4.33. The topological polar surface area (TPSA) is 38.3 Å². The molecule has 118 valence electrons. The first kappa shape index (κ1) is 17.4. The lowest BCUT2D eigenvalue weighted by Crippen LogP contribution is -2.37. The van der Waals surface area contributed by atoms with E-state index in [0.717, 1.165) is 15.3 Å². The Labute approximate surface area is 147 Å². The molecule has 1 amide bonds. The molecule has 0 aliphatic heterocycles. The lowest BCUT2D eigenvalue weighted by molar-refractivity contribution is -0.127. The second-order valence-corrected chi connectivity index (χ2v) is 8.28. The molecule has 2 aromatic rings. The third-order valence-electron chi connectivity index (χ3n) is 2.84. The third-order valence-corrected chi connectivity index (χ3v) is 5.66. The zero-order valence-corrected chi connectivity index (χ0v) is 15.5. The highest BCUT2D eigenvalue weighted by Gasteiger charge is 2.13. The molecule has 0 saturated carbocycles. The third kappa shape index (κ3) is 6.02. The van der Waals surface area contributed by atoms with Crippen LogP contribution in [0.25, 0.3) is 0 Å². The van der Waals surface area contributed by atoms with E-state index in [2.05, 4.69) is 33.4 Å². The number of amides is 1. The Morgan fingerprint density at radius 2 is 2.09 bits per heavy atom. The zero-order chi connectivity index (χ0) is 15.8. The van der Waals surface area contributed by atoms with E-state index >= 15 is 0 Å². The maximum absolute atomic E-state index is 11.9. The van der Waals surface area contributed by atoms with E-state index in [1.54, 1.807) is 18.3 Å². The van der Waals surface area contributed by atoms with Gasteiger partial charge in [0.15, 0.2) is 6.10 Å². The van der Waals surface area contributed by atoms with Gasteiger partial charge in [0.25, 0.3) is 5.91 Å². The van der Waals surface area contributed by atoms with E-state index in [0.29, 0.717) is 12.3 Å². The molecule has 0 fully saturated rings. The SMILES string of the molecule is C[C@H](Oc1ccccc1)C(=O)NCCSCc1ccc(Br)s1. The molecule has 1 aromatic carbocycles. The van der Waals surface area contributed by atoms with Crippen molar-refractivity contribution in [1.29, 1.82) is 0 Å². The summed E-state index contributed by atoms with van der Waals surface area (Å²) < 4.78 is 6.74. The van der Waals surface area contributed by atoms with Crippen LogP contribution in [0.15, 0.2) is 46.3 Å². The van der Waals surface area contributed by atoms with E-state index in [4.69, 9.17) is 4.74 Å². The minimum atomic E-state index is -0.486. The Morgan fingerprint density at radius 3 is 2.77 bits per heavy atom. The summed E-state index contributed by atoms with van der Waals surface area (Å²) >= 11 is 7.01. The molecule has 0 spiro atoms. The summed E-state index contributed by atoms with van der Waals surface area (Å²) in [6.45, 7) is 2.41. The van der Waals surface area contributed by atoms with Gasteiger partial charge in [-0.2, -0.15) is 11.8 Å². The Hall–Kier alpha value is -0.980. The first-order valence-electron chi connectivity index (χ1n) is 6.96. The quantitative estimate of drug-likeness (QED) is 0.671. The van der Waals surface area contributed by atoms with E-state index < -0.39 is 6.10 Å². The summed E-state index contributed by atoms with van der Waals surface area (Å²) in [5.41, 5.74) is 0. The lowest BCUT2D eigenvalue weighted by Gasteiger charge is -2.14. The number of hydrogen-bond acceptors (Lipinski definition) is 4. The van der Waals surface area contributed by atoms with Crippen molar-refractivity contribution in [3.63, 3.8) is 0 Å². The molecule has 3 nitrogen and oxygen atoms in total. The van der Waals surface area contributed by atoms with E-state index in [1.807, 2.05) is 42.1 Å². The summed E-state index contributed by atoms with van der Waals surface area (Å²) in [6.07, 6.45) is -0.486. The van der Waals surface area contributed by atoms with Crippen LogP contribution < -0.4 is 10.1 Å². The van der Waals surface area contributed by atoms with Crippen LogP contribution in [-0.4, -0.2) is 24.3 Å². The lowest BCUT2D eigenvalue weighted by atomic mass is 10.3. The van der Waals surface area contributed by atoms with Gasteiger partial charge in [-0.05, 0) is 47.1 Å². The van der Waals surface area contributed by atoms with Gasteiger partial charge in [-0.3, -0.25) is 4.79 Å². The van der Waals surface area contributed by atoms with Crippen molar-refractivity contribution < 1.29 is 9.53 Å². The van der Waals surface area contributed by atoms with Gasteiger partial charge in [-0.1, -0.05) is 18.2 Å². The number of halogens is 1. The van der Waals surface area contributed by atoms with Crippen LogP contribution in [0.5, 0.6) is 5.75 Å². The van der Waals surface area contributed by atoms with Crippen molar-refractivity contribution in [1.82, 2.24) is 5.32 Å². The summed E-state index contributed by atoms with van der Waals surface area (Å²) in [7, 11) is 0. The predicted molar refractivity (Wildman–Crippen MR) is 97.7 cm³/mol. The molecule has 6 heteroatoms. The minimum Gasteiger partial charge on any atom is -0.481 e. The van der Waals surface area contributed by atoms with Crippen molar-refractivity contribution in [2.45, 2.75) is 18.8 Å². The van der Waals surface area contributed by atoms with Crippen LogP contribution in [0, 0.1) is 0 Å². The average molecular weight is 400 g/mol. The monoisotopic (exact) mass is 399 g/mol. The Bertz CT molecular complexity index is 589. The molecule has 2 rings (SSSR count). The molecular formula is C16H18BrNO2S2.